The Kier molecular flexibility index (Phi) is 4.27. The first-order valence-electron chi connectivity index (χ1n) is 6.11. The van der Waals surface area contributed by atoms with Gasteiger partial charge in [-0.2, -0.15) is 0 Å². The van der Waals surface area contributed by atoms with Gasteiger partial charge in [0.25, 0.3) is 11.8 Å². The van der Waals surface area contributed by atoms with Crippen LogP contribution in [-0.2, 0) is 11.3 Å². The topological polar surface area (TPSA) is 115 Å². The minimum Gasteiger partial charge on any atom is -0.478 e. The van der Waals surface area contributed by atoms with E-state index in [1.807, 2.05) is 0 Å². The molecule has 1 amide bonds. The minimum absolute atomic E-state index is 0.0774. The molecule has 2 aromatic rings. The number of aromatic carboxylic acids is 1. The van der Waals surface area contributed by atoms with Crippen LogP contribution >= 0.6 is 0 Å². The highest BCUT2D eigenvalue weighted by Gasteiger charge is 2.14. The number of hydrogen-bond donors (Lipinski definition) is 2. The molecule has 0 aliphatic heterocycles. The van der Waals surface area contributed by atoms with E-state index < -0.39 is 5.97 Å². The number of amides is 1. The number of aryl methyl sites for hydroxylation is 2. The zero-order chi connectivity index (χ0) is 15.4. The maximum atomic E-state index is 11.6. The first-order valence-corrected chi connectivity index (χ1v) is 6.11. The van der Waals surface area contributed by atoms with Crippen molar-refractivity contribution < 1.29 is 28.4 Å². The van der Waals surface area contributed by atoms with Crippen molar-refractivity contribution in [2.75, 3.05) is 6.61 Å². The summed E-state index contributed by atoms with van der Waals surface area (Å²) < 4.78 is 15.1. The van der Waals surface area contributed by atoms with E-state index in [-0.39, 0.29) is 30.5 Å². The molecule has 0 atom stereocenters. The molecule has 0 saturated heterocycles. The lowest BCUT2D eigenvalue weighted by molar-refractivity contribution is -0.123. The summed E-state index contributed by atoms with van der Waals surface area (Å²) in [6, 6.07) is 2.93. The Hall–Kier alpha value is -2.77. The van der Waals surface area contributed by atoms with Crippen LogP contribution in [0.2, 0.25) is 0 Å². The van der Waals surface area contributed by atoms with Gasteiger partial charge in [0.2, 0.25) is 0 Å². The number of nitrogens with zero attached hydrogens (tertiary/aromatic N) is 1. The third kappa shape index (κ3) is 3.85. The molecule has 8 heteroatoms. The van der Waals surface area contributed by atoms with Crippen molar-refractivity contribution in [3.63, 3.8) is 0 Å². The van der Waals surface area contributed by atoms with Crippen LogP contribution in [0.4, 0.5) is 0 Å². The molecule has 0 unspecified atom stereocenters. The average Bonchev–Trinajstić information content (AvgIpc) is 3.00. The first kappa shape index (κ1) is 14.6. The zero-order valence-electron chi connectivity index (χ0n) is 11.5. The first-order chi connectivity index (χ1) is 9.95. The van der Waals surface area contributed by atoms with E-state index >= 15 is 0 Å². The molecule has 0 fully saturated rings. The zero-order valence-corrected chi connectivity index (χ0v) is 11.5. The Balaban J connectivity index is 1.81. The molecule has 0 bridgehead atoms. The fraction of sp³-hybridized carbons (Fsp3) is 0.308. The van der Waals surface area contributed by atoms with Crippen LogP contribution in [0, 0.1) is 13.8 Å². The largest absolute Gasteiger partial charge is 0.478 e. The number of carboxylic acid groups (broad SMARTS) is 1. The molecule has 0 aliphatic carbocycles. The van der Waals surface area contributed by atoms with Crippen molar-refractivity contribution in [3.05, 3.63) is 35.0 Å². The van der Waals surface area contributed by atoms with Crippen molar-refractivity contribution in [1.29, 1.82) is 0 Å². The van der Waals surface area contributed by atoms with Gasteiger partial charge in [0, 0.05) is 6.07 Å². The fourth-order valence-corrected chi connectivity index (χ4v) is 1.63. The normalized spacial score (nSPS) is 10.4. The van der Waals surface area contributed by atoms with E-state index in [0.29, 0.717) is 17.3 Å². The van der Waals surface area contributed by atoms with E-state index in [0.717, 1.165) is 0 Å². The molecule has 2 N–H and O–H groups in total. The molecule has 0 aromatic carbocycles. The van der Waals surface area contributed by atoms with Crippen molar-refractivity contribution >= 4 is 11.9 Å². The van der Waals surface area contributed by atoms with Crippen LogP contribution in [0.3, 0.4) is 0 Å². The quantitative estimate of drug-likeness (QED) is 0.824. The molecule has 21 heavy (non-hydrogen) atoms. The van der Waals surface area contributed by atoms with Gasteiger partial charge in [0.15, 0.2) is 6.61 Å². The predicted octanol–water partition coefficient (Wildman–Crippen LogP) is 1.28. The molecular weight excluding hydrogens is 280 g/mol. The van der Waals surface area contributed by atoms with Gasteiger partial charge in [-0.3, -0.25) is 4.79 Å². The van der Waals surface area contributed by atoms with E-state index in [1.54, 1.807) is 19.9 Å². The number of aromatic nitrogens is 1. The molecule has 8 nitrogen and oxygen atoms in total. The number of carbonyl (C=O) groups excluding carboxylic acids is 1. The molecule has 0 saturated carbocycles. The maximum Gasteiger partial charge on any atom is 0.339 e. The summed E-state index contributed by atoms with van der Waals surface area (Å²) in [7, 11) is 0. The SMILES string of the molecule is Cc1cc(OCC(=O)NCc2cc(C(=O)O)c(C)o2)no1. The Labute approximate surface area is 119 Å². The number of furan rings is 1. The van der Waals surface area contributed by atoms with Gasteiger partial charge in [0.05, 0.1) is 6.54 Å². The van der Waals surface area contributed by atoms with Crippen LogP contribution in [0.5, 0.6) is 5.88 Å². The lowest BCUT2D eigenvalue weighted by Gasteiger charge is -2.03. The summed E-state index contributed by atoms with van der Waals surface area (Å²) in [6.45, 7) is 3.11. The Morgan fingerprint density at radius 3 is 2.71 bits per heavy atom. The third-order valence-corrected chi connectivity index (χ3v) is 2.62. The van der Waals surface area contributed by atoms with Crippen LogP contribution in [0.1, 0.15) is 27.6 Å². The number of ether oxygens (including phenoxy) is 1. The second-order valence-corrected chi connectivity index (χ2v) is 4.33. The molecule has 2 heterocycles. The number of carbonyl (C=O) groups is 2. The average molecular weight is 294 g/mol. The summed E-state index contributed by atoms with van der Waals surface area (Å²) in [6.07, 6.45) is 0. The van der Waals surface area contributed by atoms with E-state index in [9.17, 15) is 9.59 Å². The summed E-state index contributed by atoms with van der Waals surface area (Å²) in [5, 5.41) is 15.0. The van der Waals surface area contributed by atoms with Gasteiger partial charge in [0.1, 0.15) is 22.8 Å². The van der Waals surface area contributed by atoms with Crippen LogP contribution in [0.25, 0.3) is 0 Å². The third-order valence-electron chi connectivity index (χ3n) is 2.62. The number of carboxylic acids is 1. The van der Waals surface area contributed by atoms with Gasteiger partial charge in [-0.1, -0.05) is 0 Å². The number of nitrogens with one attached hydrogen (secondary N) is 1. The smallest absolute Gasteiger partial charge is 0.339 e. The molecule has 112 valence electrons. The van der Waals surface area contributed by atoms with Gasteiger partial charge in [-0.15, -0.1) is 0 Å². The Bertz CT molecular complexity index is 657. The van der Waals surface area contributed by atoms with Crippen LogP contribution < -0.4 is 10.1 Å². The molecular formula is C13H14N2O6. The second-order valence-electron chi connectivity index (χ2n) is 4.33. The second kappa shape index (κ2) is 6.12. The lowest BCUT2D eigenvalue weighted by Crippen LogP contribution is -2.28. The summed E-state index contributed by atoms with van der Waals surface area (Å²) in [4.78, 5) is 22.4. The van der Waals surface area contributed by atoms with Crippen molar-refractivity contribution in [2.24, 2.45) is 0 Å². The van der Waals surface area contributed by atoms with Crippen molar-refractivity contribution in [2.45, 2.75) is 20.4 Å². The highest BCUT2D eigenvalue weighted by Crippen LogP contribution is 2.14. The summed E-state index contributed by atoms with van der Waals surface area (Å²) in [5.74, 6) is -0.000861. The fourth-order valence-electron chi connectivity index (χ4n) is 1.63. The number of hydrogen-bond acceptors (Lipinski definition) is 6. The molecule has 0 spiro atoms. The predicted molar refractivity (Wildman–Crippen MR) is 69.0 cm³/mol. The van der Waals surface area contributed by atoms with Gasteiger partial charge in [-0.25, -0.2) is 4.79 Å². The lowest BCUT2D eigenvalue weighted by atomic mass is 10.2. The highest BCUT2D eigenvalue weighted by molar-refractivity contribution is 5.88. The summed E-state index contributed by atoms with van der Waals surface area (Å²) in [5.41, 5.74) is 0.0774. The highest BCUT2D eigenvalue weighted by atomic mass is 16.5. The van der Waals surface area contributed by atoms with Crippen molar-refractivity contribution in [3.8, 4) is 5.88 Å². The maximum absolute atomic E-state index is 11.6. The molecule has 0 aliphatic rings. The molecule has 2 rings (SSSR count). The molecule has 0 radical (unpaired) electrons. The van der Waals surface area contributed by atoms with E-state index in [1.165, 1.54) is 6.07 Å². The van der Waals surface area contributed by atoms with Gasteiger partial charge < -0.3 is 24.1 Å². The molecule has 2 aromatic heterocycles. The van der Waals surface area contributed by atoms with Crippen LogP contribution in [0.15, 0.2) is 21.1 Å². The van der Waals surface area contributed by atoms with Gasteiger partial charge in [-0.05, 0) is 25.1 Å². The Morgan fingerprint density at radius 1 is 1.38 bits per heavy atom. The minimum atomic E-state index is -1.07. The van der Waals surface area contributed by atoms with E-state index in [2.05, 4.69) is 10.5 Å². The monoisotopic (exact) mass is 294 g/mol. The number of rotatable bonds is 6. The van der Waals surface area contributed by atoms with Crippen LogP contribution in [-0.4, -0.2) is 28.7 Å². The van der Waals surface area contributed by atoms with Gasteiger partial charge >= 0.3 is 5.97 Å². The van der Waals surface area contributed by atoms with Crippen molar-refractivity contribution in [1.82, 2.24) is 10.5 Å². The van der Waals surface area contributed by atoms with E-state index in [4.69, 9.17) is 18.8 Å². The standard InChI is InChI=1S/C13H14N2O6/c1-7-3-12(15-21-7)19-6-11(16)14-5-9-4-10(13(17)18)8(2)20-9/h3-4H,5-6H2,1-2H3,(H,14,16)(H,17,18). The Morgan fingerprint density at radius 2 is 2.14 bits per heavy atom. The summed E-state index contributed by atoms with van der Waals surface area (Å²) >= 11 is 0.